The van der Waals surface area contributed by atoms with Crippen molar-refractivity contribution in [2.45, 2.75) is 57.7 Å². The molecule has 1 aromatic heterocycles. The second-order valence-corrected chi connectivity index (χ2v) is 12.8. The number of halogens is 1. The Morgan fingerprint density at radius 2 is 1.81 bits per heavy atom. The van der Waals surface area contributed by atoms with Crippen molar-refractivity contribution >= 4 is 29.1 Å². The number of carbonyl (C=O) groups excluding carboxylic acids is 2. The van der Waals surface area contributed by atoms with Crippen LogP contribution in [0, 0.1) is 5.92 Å². The lowest BCUT2D eigenvalue weighted by atomic mass is 9.95. The third-order valence-electron chi connectivity index (χ3n) is 8.73. The topological polar surface area (TPSA) is 93.8 Å². The lowest BCUT2D eigenvalue weighted by Crippen LogP contribution is -2.54. The molecule has 43 heavy (non-hydrogen) atoms. The molecular formula is C33H41ClN6O3. The third-order valence-corrected chi connectivity index (χ3v) is 9.05. The van der Waals surface area contributed by atoms with E-state index < -0.39 is 5.60 Å². The van der Waals surface area contributed by atoms with Crippen molar-refractivity contribution in [2.24, 2.45) is 5.92 Å². The number of benzene rings is 2. The fourth-order valence-electron chi connectivity index (χ4n) is 6.20. The van der Waals surface area contributed by atoms with Crippen LogP contribution in [0.1, 0.15) is 45.1 Å². The summed E-state index contributed by atoms with van der Waals surface area (Å²) in [5, 5.41) is 10.8. The van der Waals surface area contributed by atoms with Crippen molar-refractivity contribution in [3.63, 3.8) is 0 Å². The molecule has 2 N–H and O–H groups in total. The van der Waals surface area contributed by atoms with Gasteiger partial charge in [0.25, 0.3) is 5.91 Å². The molecule has 3 heterocycles. The van der Waals surface area contributed by atoms with Gasteiger partial charge in [0.2, 0.25) is 5.91 Å². The zero-order valence-corrected chi connectivity index (χ0v) is 25.8. The van der Waals surface area contributed by atoms with Crippen LogP contribution >= 0.6 is 11.6 Å². The van der Waals surface area contributed by atoms with Crippen LogP contribution in [-0.4, -0.2) is 82.7 Å². The van der Waals surface area contributed by atoms with Gasteiger partial charge in [-0.1, -0.05) is 35.9 Å². The number of aromatic amines is 1. The van der Waals surface area contributed by atoms with Gasteiger partial charge in [-0.3, -0.25) is 14.7 Å². The zero-order chi connectivity index (χ0) is 30.0. The second-order valence-electron chi connectivity index (χ2n) is 12.4. The van der Waals surface area contributed by atoms with Crippen LogP contribution in [-0.2, 0) is 16.1 Å². The Labute approximate surface area is 258 Å². The molecular weight excluding hydrogens is 564 g/mol. The van der Waals surface area contributed by atoms with Crippen LogP contribution in [0.5, 0.6) is 5.75 Å². The van der Waals surface area contributed by atoms with Gasteiger partial charge in [0.05, 0.1) is 22.8 Å². The number of rotatable bonds is 9. The van der Waals surface area contributed by atoms with Gasteiger partial charge in [-0.25, -0.2) is 0 Å². The number of ether oxygens (including phenoxy) is 1. The number of amides is 2. The monoisotopic (exact) mass is 604 g/mol. The highest BCUT2D eigenvalue weighted by molar-refractivity contribution is 6.33. The van der Waals surface area contributed by atoms with Crippen molar-refractivity contribution in [3.8, 4) is 16.9 Å². The molecule has 3 fully saturated rings. The molecule has 2 amide bonds. The minimum Gasteiger partial charge on any atom is -0.478 e. The fourth-order valence-corrected chi connectivity index (χ4v) is 6.44. The van der Waals surface area contributed by atoms with Gasteiger partial charge >= 0.3 is 0 Å². The van der Waals surface area contributed by atoms with E-state index in [0.717, 1.165) is 67.7 Å². The first-order chi connectivity index (χ1) is 20.8. The van der Waals surface area contributed by atoms with Gasteiger partial charge in [0.1, 0.15) is 5.75 Å². The Bertz CT molecular complexity index is 1420. The van der Waals surface area contributed by atoms with E-state index in [1.54, 1.807) is 0 Å². The molecule has 2 saturated heterocycles. The summed E-state index contributed by atoms with van der Waals surface area (Å²) in [6, 6.07) is 14.3. The largest absolute Gasteiger partial charge is 0.478 e. The molecule has 1 aliphatic carbocycles. The summed E-state index contributed by atoms with van der Waals surface area (Å²) >= 11 is 6.71. The summed E-state index contributed by atoms with van der Waals surface area (Å²) in [6.07, 6.45) is 7.57. The van der Waals surface area contributed by atoms with Gasteiger partial charge < -0.3 is 24.8 Å². The van der Waals surface area contributed by atoms with Crippen LogP contribution in [0.3, 0.4) is 0 Å². The standard InChI is InChI=1S/C33H41ClN6O3/c1-33(2,32(42)38-16-13-35-14-17-38)43-28-11-12-29(34)30(18-28)39-15-3-4-25(22-39)31(41)40(27-9-10-27)21-23-5-7-24(8-6-23)26-19-36-37-20-26/h5-8,11-12,18-20,25,27,35H,3-4,9-10,13-17,21-22H2,1-2H3,(H,36,37)/t25-/m1/s1. The minimum atomic E-state index is -1.01. The molecule has 0 spiro atoms. The van der Waals surface area contributed by atoms with Crippen LogP contribution < -0.4 is 15.0 Å². The molecule has 3 aromatic rings. The van der Waals surface area contributed by atoms with E-state index in [2.05, 4.69) is 49.6 Å². The van der Waals surface area contributed by atoms with Gasteiger partial charge in [0.15, 0.2) is 5.60 Å². The quantitative estimate of drug-likeness (QED) is 0.367. The van der Waals surface area contributed by atoms with Crippen molar-refractivity contribution in [1.82, 2.24) is 25.3 Å². The molecule has 0 unspecified atom stereocenters. The number of aromatic nitrogens is 2. The van der Waals surface area contributed by atoms with Crippen LogP contribution in [0.2, 0.25) is 5.02 Å². The van der Waals surface area contributed by atoms with E-state index in [1.807, 2.05) is 49.3 Å². The molecule has 0 bridgehead atoms. The predicted molar refractivity (Wildman–Crippen MR) is 168 cm³/mol. The smallest absolute Gasteiger partial charge is 0.266 e. The molecule has 3 aliphatic rings. The molecule has 1 atom stereocenters. The highest BCUT2D eigenvalue weighted by Crippen LogP contribution is 2.36. The molecule has 10 heteroatoms. The summed E-state index contributed by atoms with van der Waals surface area (Å²) in [6.45, 7) is 8.60. The first-order valence-corrected chi connectivity index (χ1v) is 15.8. The summed E-state index contributed by atoms with van der Waals surface area (Å²) < 4.78 is 6.28. The van der Waals surface area contributed by atoms with Crippen molar-refractivity contribution in [3.05, 3.63) is 65.4 Å². The fraction of sp³-hybridized carbons (Fsp3) is 0.485. The number of H-pyrrole nitrogens is 1. The van der Waals surface area contributed by atoms with E-state index in [0.29, 0.717) is 43.0 Å². The van der Waals surface area contributed by atoms with E-state index in [4.69, 9.17) is 16.3 Å². The van der Waals surface area contributed by atoms with Gasteiger partial charge in [-0.2, -0.15) is 5.10 Å². The van der Waals surface area contributed by atoms with Gasteiger partial charge in [-0.05, 0) is 62.8 Å². The average Bonchev–Trinajstić information content (AvgIpc) is 3.73. The van der Waals surface area contributed by atoms with Crippen molar-refractivity contribution in [2.75, 3.05) is 44.2 Å². The third kappa shape index (κ3) is 6.83. The highest BCUT2D eigenvalue weighted by Gasteiger charge is 2.38. The minimum absolute atomic E-state index is 0.0228. The number of nitrogens with one attached hydrogen (secondary N) is 2. The number of piperazine rings is 1. The summed E-state index contributed by atoms with van der Waals surface area (Å²) in [4.78, 5) is 33.3. The number of hydrogen-bond donors (Lipinski definition) is 2. The Morgan fingerprint density at radius 3 is 2.51 bits per heavy atom. The lowest BCUT2D eigenvalue weighted by molar-refractivity contribution is -0.146. The average molecular weight is 605 g/mol. The number of nitrogens with zero attached hydrogens (tertiary/aromatic N) is 4. The molecule has 2 aromatic carbocycles. The van der Waals surface area contributed by atoms with Crippen molar-refractivity contribution < 1.29 is 14.3 Å². The van der Waals surface area contributed by atoms with Crippen LogP contribution in [0.4, 0.5) is 5.69 Å². The lowest BCUT2D eigenvalue weighted by Gasteiger charge is -2.37. The Balaban J connectivity index is 1.13. The maximum Gasteiger partial charge on any atom is 0.266 e. The van der Waals surface area contributed by atoms with E-state index in [-0.39, 0.29) is 17.7 Å². The maximum absolute atomic E-state index is 14.0. The van der Waals surface area contributed by atoms with Gasteiger partial charge in [0, 0.05) is 69.7 Å². The van der Waals surface area contributed by atoms with E-state index >= 15 is 0 Å². The Hall–Kier alpha value is -3.56. The molecule has 6 rings (SSSR count). The Morgan fingerprint density at radius 1 is 1.05 bits per heavy atom. The van der Waals surface area contributed by atoms with E-state index in [9.17, 15) is 9.59 Å². The first-order valence-electron chi connectivity index (χ1n) is 15.4. The maximum atomic E-state index is 14.0. The summed E-state index contributed by atoms with van der Waals surface area (Å²) in [7, 11) is 0. The van der Waals surface area contributed by atoms with Crippen molar-refractivity contribution in [1.29, 1.82) is 0 Å². The molecule has 1 saturated carbocycles. The molecule has 2 aliphatic heterocycles. The number of carbonyl (C=O) groups is 2. The van der Waals surface area contributed by atoms with Crippen LogP contribution in [0.15, 0.2) is 54.9 Å². The highest BCUT2D eigenvalue weighted by atomic mass is 35.5. The number of anilines is 1. The number of hydrogen-bond acceptors (Lipinski definition) is 6. The van der Waals surface area contributed by atoms with Gasteiger partial charge in [-0.15, -0.1) is 0 Å². The van der Waals surface area contributed by atoms with Crippen LogP contribution in [0.25, 0.3) is 11.1 Å². The zero-order valence-electron chi connectivity index (χ0n) is 25.0. The Kier molecular flexibility index (Phi) is 8.63. The second kappa shape index (κ2) is 12.6. The molecule has 0 radical (unpaired) electrons. The normalized spacial score (nSPS) is 19.3. The summed E-state index contributed by atoms with van der Waals surface area (Å²) in [5.41, 5.74) is 3.11. The first kappa shape index (κ1) is 29.5. The molecule has 9 nitrogen and oxygen atoms in total. The molecule has 228 valence electrons. The summed E-state index contributed by atoms with van der Waals surface area (Å²) in [5.74, 6) is 0.688. The predicted octanol–water partition coefficient (Wildman–Crippen LogP) is 4.73. The SMILES string of the molecule is CC(C)(Oc1ccc(Cl)c(N2CCC[C@@H](C(=O)N(Cc3ccc(-c4cn[nH]c4)cc3)C3CC3)C2)c1)C(=O)N1CCNCC1. The van der Waals surface area contributed by atoms with E-state index in [1.165, 1.54) is 0 Å². The number of piperidine rings is 1.